The molecule has 0 aliphatic carbocycles. The number of benzene rings is 1. The van der Waals surface area contributed by atoms with E-state index in [4.69, 9.17) is 14.9 Å². The number of likely N-dealkylation sites (N-methyl/N-ethyl adjacent to an activating group) is 1. The number of carboxylic acids is 2. The number of rotatable bonds is 16. The maximum absolute atomic E-state index is 14.3. The molecule has 3 heterocycles. The van der Waals surface area contributed by atoms with Gasteiger partial charge in [-0.2, -0.15) is 0 Å². The molecule has 0 bridgehead atoms. The van der Waals surface area contributed by atoms with Gasteiger partial charge in [0.05, 0.1) is 11.7 Å². The van der Waals surface area contributed by atoms with E-state index in [1.54, 1.807) is 4.90 Å². The Balaban J connectivity index is 0.000000783. The van der Waals surface area contributed by atoms with Gasteiger partial charge in [0.15, 0.2) is 5.82 Å². The highest BCUT2D eigenvalue weighted by atomic mass is 19.1. The number of likely N-dealkylation sites (tertiary alicyclic amines) is 1. The molecule has 1 aromatic heterocycles. The fraction of sp³-hybridized carbons (Fsp3) is 0.611. The van der Waals surface area contributed by atoms with Crippen LogP contribution in [0.4, 0.5) is 10.2 Å². The summed E-state index contributed by atoms with van der Waals surface area (Å²) in [5.41, 5.74) is 0.275. The minimum Gasteiger partial charge on any atom is -0.478 e. The summed E-state index contributed by atoms with van der Waals surface area (Å²) in [5, 5.41) is 34.7. The number of carbonyl (C=O) groups excluding carboxylic acids is 1. The number of amides is 1. The number of anilines is 1. The number of aliphatic hydroxyl groups is 1. The molecule has 2 fully saturated rings. The van der Waals surface area contributed by atoms with Crippen LogP contribution in [0.15, 0.2) is 36.7 Å². The molecule has 1 aromatic carbocycles. The van der Waals surface area contributed by atoms with Crippen molar-refractivity contribution >= 4 is 23.7 Å². The molecule has 282 valence electrons. The van der Waals surface area contributed by atoms with E-state index in [2.05, 4.69) is 57.6 Å². The van der Waals surface area contributed by atoms with Gasteiger partial charge in [0, 0.05) is 68.9 Å². The highest BCUT2D eigenvalue weighted by Crippen LogP contribution is 2.44. The molecule has 0 unspecified atom stereocenters. The molecule has 15 heteroatoms. The first-order valence-corrected chi connectivity index (χ1v) is 17.6. The van der Waals surface area contributed by atoms with Crippen LogP contribution in [0.2, 0.25) is 0 Å². The van der Waals surface area contributed by atoms with Crippen LogP contribution < -0.4 is 9.64 Å². The summed E-state index contributed by atoms with van der Waals surface area (Å²) >= 11 is 0. The molecule has 1 spiro atoms. The predicted octanol–water partition coefficient (Wildman–Crippen LogP) is 4.01. The van der Waals surface area contributed by atoms with Gasteiger partial charge in [0.25, 0.3) is 11.8 Å². The molecule has 0 saturated carbocycles. The first kappa shape index (κ1) is 41.2. The summed E-state index contributed by atoms with van der Waals surface area (Å²) in [7, 11) is 0. The molecule has 1 amide bonds. The lowest BCUT2D eigenvalue weighted by molar-refractivity contribution is -0.134. The van der Waals surface area contributed by atoms with Crippen LogP contribution >= 0.6 is 0 Å². The quantitative estimate of drug-likeness (QED) is 0.213. The Hall–Kier alpha value is -4.21. The second-order valence-corrected chi connectivity index (χ2v) is 13.8. The molecule has 3 N–H and O–H groups in total. The smallest absolute Gasteiger partial charge is 0.328 e. The van der Waals surface area contributed by atoms with Crippen LogP contribution in [0.1, 0.15) is 71.7 Å². The maximum Gasteiger partial charge on any atom is 0.328 e. The Labute approximate surface area is 299 Å². The molecule has 51 heavy (non-hydrogen) atoms. The molecule has 0 radical (unpaired) electrons. The molecule has 2 aliphatic rings. The Morgan fingerprint density at radius 2 is 1.67 bits per heavy atom. The van der Waals surface area contributed by atoms with E-state index in [0.717, 1.165) is 52.1 Å². The van der Waals surface area contributed by atoms with Gasteiger partial charge < -0.3 is 34.8 Å². The molecular weight excluding hydrogens is 661 g/mol. The van der Waals surface area contributed by atoms with Crippen molar-refractivity contribution in [1.29, 1.82) is 0 Å². The van der Waals surface area contributed by atoms with Gasteiger partial charge in [0.1, 0.15) is 17.9 Å². The number of aliphatic carboxylic acids is 2. The Bertz CT molecular complexity index is 1480. The third kappa shape index (κ3) is 11.4. The minimum atomic E-state index is -1.26. The van der Waals surface area contributed by atoms with Crippen LogP contribution in [0.5, 0.6) is 11.6 Å². The standard InChI is InChI=1S/C32H50FN7O3.C4H4O4/c1-8-37(9-2)17-25(41)16-27(22(4)5)39-19-32(20-39)13-14-38(18-32)29-30(36-35-21-34-29)43-28-12-11-24(33)15-26(28)31(42)40(10-3)23(6)7;5-3(6)1-2-4(7)8/h11-12,15,21-23,25,27,41H,8-10,13-14,16-20H2,1-7H3;1-2H,(H,5,6)(H,7,8)/b;2-1+/t25-,27-;/m0./s1. The average molecular weight is 716 g/mol. The fourth-order valence-electron chi connectivity index (χ4n) is 6.84. The molecule has 4 rings (SSSR count). The van der Waals surface area contributed by atoms with Gasteiger partial charge in [-0.15, -0.1) is 10.2 Å². The molecular formula is C36H54FN7O7. The van der Waals surface area contributed by atoms with Gasteiger partial charge in [0.2, 0.25) is 0 Å². The molecule has 14 nitrogen and oxygen atoms in total. The van der Waals surface area contributed by atoms with Crippen LogP contribution in [0, 0.1) is 17.2 Å². The highest BCUT2D eigenvalue weighted by Gasteiger charge is 2.50. The van der Waals surface area contributed by atoms with E-state index in [-0.39, 0.29) is 40.7 Å². The fourth-order valence-corrected chi connectivity index (χ4v) is 6.84. The maximum atomic E-state index is 14.3. The lowest BCUT2D eigenvalue weighted by Crippen LogP contribution is -2.62. The number of halogens is 1. The number of aromatic nitrogens is 3. The van der Waals surface area contributed by atoms with Crippen LogP contribution in [-0.2, 0) is 9.59 Å². The Morgan fingerprint density at radius 3 is 2.22 bits per heavy atom. The number of hydrogen-bond donors (Lipinski definition) is 3. The van der Waals surface area contributed by atoms with Crippen molar-refractivity contribution in [2.45, 2.75) is 79.5 Å². The molecule has 2 aliphatic heterocycles. The van der Waals surface area contributed by atoms with Gasteiger partial charge >= 0.3 is 11.9 Å². The third-order valence-corrected chi connectivity index (χ3v) is 9.47. The van der Waals surface area contributed by atoms with Gasteiger partial charge in [-0.3, -0.25) is 9.69 Å². The highest BCUT2D eigenvalue weighted by molar-refractivity contribution is 5.97. The van der Waals surface area contributed by atoms with Gasteiger partial charge in [-0.25, -0.2) is 19.0 Å². The van der Waals surface area contributed by atoms with Crippen molar-refractivity contribution in [3.63, 3.8) is 0 Å². The van der Waals surface area contributed by atoms with Gasteiger partial charge in [-0.1, -0.05) is 27.7 Å². The molecule has 2 aromatic rings. The summed E-state index contributed by atoms with van der Waals surface area (Å²) < 4.78 is 20.4. The Morgan fingerprint density at radius 1 is 1.02 bits per heavy atom. The summed E-state index contributed by atoms with van der Waals surface area (Å²) in [5.74, 6) is -1.89. The summed E-state index contributed by atoms with van der Waals surface area (Å²) in [6.45, 7) is 21.1. The number of aliphatic hydroxyl groups excluding tert-OH is 1. The summed E-state index contributed by atoms with van der Waals surface area (Å²) in [6, 6.07) is 4.23. The second-order valence-electron chi connectivity index (χ2n) is 13.8. The van der Waals surface area contributed by atoms with E-state index in [1.165, 1.54) is 24.5 Å². The van der Waals surface area contributed by atoms with Crippen molar-refractivity contribution < 1.29 is 38.8 Å². The van der Waals surface area contributed by atoms with E-state index in [9.17, 15) is 23.9 Å². The van der Waals surface area contributed by atoms with Crippen molar-refractivity contribution in [3.8, 4) is 11.6 Å². The van der Waals surface area contributed by atoms with E-state index in [1.807, 2.05) is 20.8 Å². The largest absolute Gasteiger partial charge is 0.478 e. The Kier molecular flexibility index (Phi) is 15.2. The van der Waals surface area contributed by atoms with Crippen LogP contribution in [-0.4, -0.2) is 134 Å². The lowest BCUT2D eigenvalue weighted by atomic mass is 9.76. The van der Waals surface area contributed by atoms with E-state index >= 15 is 0 Å². The monoisotopic (exact) mass is 715 g/mol. The van der Waals surface area contributed by atoms with Crippen molar-refractivity contribution in [2.24, 2.45) is 11.3 Å². The third-order valence-electron chi connectivity index (χ3n) is 9.47. The van der Waals surface area contributed by atoms with Crippen molar-refractivity contribution in [3.05, 3.63) is 48.1 Å². The zero-order valence-corrected chi connectivity index (χ0v) is 30.8. The minimum absolute atomic E-state index is 0.0499. The number of ether oxygens (including phenoxy) is 1. The molecule has 2 saturated heterocycles. The van der Waals surface area contributed by atoms with E-state index < -0.39 is 17.8 Å². The van der Waals surface area contributed by atoms with Crippen molar-refractivity contribution in [2.75, 3.05) is 57.3 Å². The summed E-state index contributed by atoms with van der Waals surface area (Å²) in [4.78, 5) is 45.6. The van der Waals surface area contributed by atoms with Crippen LogP contribution in [0.25, 0.3) is 0 Å². The number of nitrogens with zero attached hydrogens (tertiary/aromatic N) is 7. The molecule has 2 atom stereocenters. The average Bonchev–Trinajstić information content (AvgIpc) is 3.51. The predicted molar refractivity (Wildman–Crippen MR) is 190 cm³/mol. The lowest BCUT2D eigenvalue weighted by Gasteiger charge is -2.53. The number of carbonyl (C=O) groups is 3. The van der Waals surface area contributed by atoms with Crippen molar-refractivity contribution in [1.82, 2.24) is 29.9 Å². The number of hydrogen-bond acceptors (Lipinski definition) is 11. The van der Waals surface area contributed by atoms with Crippen LogP contribution in [0.3, 0.4) is 0 Å². The second kappa shape index (κ2) is 18.9. The van der Waals surface area contributed by atoms with E-state index in [0.29, 0.717) is 43.0 Å². The number of carboxylic acid groups (broad SMARTS) is 2. The first-order chi connectivity index (χ1) is 24.1. The normalized spacial score (nSPS) is 16.7. The SMILES string of the molecule is CCN(CC)C[C@@H](O)C[C@@H](C(C)C)N1CC2(CCN(c3ncnnc3Oc3ccc(F)cc3C(=O)N(CC)C(C)C)C2)C1.O=C(O)/C=C/C(=O)O. The zero-order chi connectivity index (χ0) is 37.9. The summed E-state index contributed by atoms with van der Waals surface area (Å²) in [6.07, 6.45) is 3.96. The zero-order valence-electron chi connectivity index (χ0n) is 30.8. The topological polar surface area (TPSA) is 173 Å². The first-order valence-electron chi connectivity index (χ1n) is 17.6. The van der Waals surface area contributed by atoms with Gasteiger partial charge in [-0.05, 0) is 70.8 Å².